The second kappa shape index (κ2) is 5.97. The van der Waals surface area contributed by atoms with Crippen molar-refractivity contribution in [2.24, 2.45) is 0 Å². The predicted molar refractivity (Wildman–Crippen MR) is 69.5 cm³/mol. The standard InChI is InChI=1S/C11H10F2N4O2S/c1-14-5-4-8-15-16-11(20-8)9-6(12)2-3-7(10(9)13)17(18)19/h2-3,14H,4-5H2,1H3. The number of nitrogens with zero attached hydrogens (tertiary/aromatic N) is 3. The lowest BCUT2D eigenvalue weighted by molar-refractivity contribution is -0.387. The van der Waals surface area contributed by atoms with E-state index in [-0.39, 0.29) is 5.01 Å². The van der Waals surface area contributed by atoms with E-state index >= 15 is 0 Å². The van der Waals surface area contributed by atoms with E-state index < -0.39 is 27.8 Å². The fraction of sp³-hybridized carbons (Fsp3) is 0.273. The molecule has 0 aliphatic carbocycles. The summed E-state index contributed by atoms with van der Waals surface area (Å²) in [5.41, 5.74) is -1.29. The van der Waals surface area contributed by atoms with Gasteiger partial charge >= 0.3 is 5.69 Å². The average molecular weight is 300 g/mol. The Balaban J connectivity index is 2.44. The number of halogens is 2. The fourth-order valence-electron chi connectivity index (χ4n) is 1.57. The van der Waals surface area contributed by atoms with E-state index in [1.807, 2.05) is 0 Å². The third-order valence-electron chi connectivity index (χ3n) is 2.54. The maximum absolute atomic E-state index is 14.0. The van der Waals surface area contributed by atoms with E-state index in [1.165, 1.54) is 0 Å². The van der Waals surface area contributed by atoms with E-state index in [0.717, 1.165) is 23.5 Å². The van der Waals surface area contributed by atoms with E-state index in [1.54, 1.807) is 7.05 Å². The molecule has 2 rings (SSSR count). The normalized spacial score (nSPS) is 10.8. The molecule has 1 aromatic carbocycles. The molecule has 0 aliphatic rings. The Labute approximate surface area is 116 Å². The van der Waals surface area contributed by atoms with Gasteiger partial charge in [0.15, 0.2) is 5.01 Å². The molecule has 0 bridgehead atoms. The van der Waals surface area contributed by atoms with Gasteiger partial charge in [-0.1, -0.05) is 11.3 Å². The third kappa shape index (κ3) is 2.78. The summed E-state index contributed by atoms with van der Waals surface area (Å²) in [5.74, 6) is -2.13. The molecule has 0 fully saturated rings. The maximum Gasteiger partial charge on any atom is 0.305 e. The maximum atomic E-state index is 14.0. The van der Waals surface area contributed by atoms with Gasteiger partial charge < -0.3 is 5.32 Å². The Morgan fingerprint density at radius 1 is 1.40 bits per heavy atom. The lowest BCUT2D eigenvalue weighted by atomic mass is 10.2. The minimum absolute atomic E-state index is 0.00481. The molecule has 1 heterocycles. The topological polar surface area (TPSA) is 81.0 Å². The van der Waals surface area contributed by atoms with E-state index in [9.17, 15) is 18.9 Å². The number of aromatic nitrogens is 2. The summed E-state index contributed by atoms with van der Waals surface area (Å²) in [7, 11) is 1.77. The molecule has 0 spiro atoms. The molecule has 6 nitrogen and oxygen atoms in total. The minimum Gasteiger partial charge on any atom is -0.319 e. The van der Waals surface area contributed by atoms with E-state index in [2.05, 4.69) is 15.5 Å². The molecule has 0 amide bonds. The first-order valence-electron chi connectivity index (χ1n) is 5.64. The molecular weight excluding hydrogens is 290 g/mol. The summed E-state index contributed by atoms with van der Waals surface area (Å²) in [6.45, 7) is 0.647. The number of nitrogens with one attached hydrogen (secondary N) is 1. The molecule has 0 atom stereocenters. The van der Waals surface area contributed by atoms with Crippen molar-refractivity contribution in [3.8, 4) is 10.6 Å². The van der Waals surface area contributed by atoms with Crippen molar-refractivity contribution in [2.75, 3.05) is 13.6 Å². The SMILES string of the molecule is CNCCc1nnc(-c2c(F)ccc([N+](=O)[O-])c2F)s1. The smallest absolute Gasteiger partial charge is 0.305 e. The molecule has 20 heavy (non-hydrogen) atoms. The van der Waals surface area contributed by atoms with Crippen molar-refractivity contribution in [1.29, 1.82) is 0 Å². The highest BCUT2D eigenvalue weighted by molar-refractivity contribution is 7.14. The molecule has 106 valence electrons. The van der Waals surface area contributed by atoms with Crippen molar-refractivity contribution in [2.45, 2.75) is 6.42 Å². The van der Waals surface area contributed by atoms with Crippen LogP contribution in [0.4, 0.5) is 14.5 Å². The molecule has 9 heteroatoms. The van der Waals surface area contributed by atoms with Crippen LogP contribution in [0.3, 0.4) is 0 Å². The first kappa shape index (κ1) is 14.4. The van der Waals surface area contributed by atoms with Gasteiger partial charge in [-0.3, -0.25) is 10.1 Å². The molecule has 0 saturated carbocycles. The lowest BCUT2D eigenvalue weighted by Gasteiger charge is -2.01. The highest BCUT2D eigenvalue weighted by atomic mass is 32.1. The van der Waals surface area contributed by atoms with Gasteiger partial charge in [0.1, 0.15) is 10.8 Å². The van der Waals surface area contributed by atoms with Crippen molar-refractivity contribution in [3.05, 3.63) is 38.9 Å². The second-order valence-corrected chi connectivity index (χ2v) is 4.93. The minimum atomic E-state index is -1.23. The summed E-state index contributed by atoms with van der Waals surface area (Å²) in [5, 5.41) is 21.7. The molecule has 2 aromatic rings. The summed E-state index contributed by atoms with van der Waals surface area (Å²) in [6.07, 6.45) is 0.562. The third-order valence-corrected chi connectivity index (χ3v) is 3.54. The first-order chi connectivity index (χ1) is 9.54. The van der Waals surface area contributed by atoms with Gasteiger partial charge in [-0.25, -0.2) is 4.39 Å². The number of benzene rings is 1. The Morgan fingerprint density at radius 2 is 2.15 bits per heavy atom. The summed E-state index contributed by atoms with van der Waals surface area (Å²) in [6, 6.07) is 1.64. The molecule has 0 aliphatic heterocycles. The largest absolute Gasteiger partial charge is 0.319 e. The highest BCUT2D eigenvalue weighted by Crippen LogP contribution is 2.33. The number of nitro benzene ring substituents is 1. The van der Waals surface area contributed by atoms with Crippen LogP contribution in [0.2, 0.25) is 0 Å². The van der Waals surface area contributed by atoms with Crippen LogP contribution in [0.15, 0.2) is 12.1 Å². The van der Waals surface area contributed by atoms with Crippen LogP contribution in [-0.2, 0) is 6.42 Å². The van der Waals surface area contributed by atoms with Crippen molar-refractivity contribution >= 4 is 17.0 Å². The molecule has 0 saturated heterocycles. The molecule has 1 aromatic heterocycles. The van der Waals surface area contributed by atoms with Crippen LogP contribution in [0, 0.1) is 21.7 Å². The van der Waals surface area contributed by atoms with Gasteiger partial charge in [-0.05, 0) is 13.1 Å². The van der Waals surface area contributed by atoms with E-state index in [0.29, 0.717) is 18.0 Å². The van der Waals surface area contributed by atoms with Crippen LogP contribution in [0.1, 0.15) is 5.01 Å². The quantitative estimate of drug-likeness (QED) is 0.676. The van der Waals surface area contributed by atoms with Crippen LogP contribution in [0.5, 0.6) is 0 Å². The van der Waals surface area contributed by atoms with Crippen LogP contribution in [0.25, 0.3) is 10.6 Å². The molecular formula is C11H10F2N4O2S. The molecule has 1 N–H and O–H groups in total. The fourth-order valence-corrected chi connectivity index (χ4v) is 2.45. The monoisotopic (exact) mass is 300 g/mol. The van der Waals surface area contributed by atoms with Gasteiger partial charge in [0.05, 0.1) is 10.5 Å². The zero-order chi connectivity index (χ0) is 14.7. The summed E-state index contributed by atoms with van der Waals surface area (Å²) in [4.78, 5) is 9.76. The van der Waals surface area contributed by atoms with Crippen LogP contribution >= 0.6 is 11.3 Å². The number of hydrogen-bond acceptors (Lipinski definition) is 6. The molecule has 0 unspecified atom stereocenters. The second-order valence-electron chi connectivity index (χ2n) is 3.87. The Bertz CT molecular complexity index is 647. The highest BCUT2D eigenvalue weighted by Gasteiger charge is 2.24. The van der Waals surface area contributed by atoms with Gasteiger partial charge in [0.25, 0.3) is 0 Å². The Hall–Kier alpha value is -2.00. The zero-order valence-electron chi connectivity index (χ0n) is 10.4. The Morgan fingerprint density at radius 3 is 2.80 bits per heavy atom. The van der Waals surface area contributed by atoms with Gasteiger partial charge in [-0.15, -0.1) is 10.2 Å². The van der Waals surface area contributed by atoms with Crippen molar-refractivity contribution in [1.82, 2.24) is 15.5 Å². The van der Waals surface area contributed by atoms with Crippen molar-refractivity contribution in [3.63, 3.8) is 0 Å². The number of hydrogen-bond donors (Lipinski definition) is 1. The Kier molecular flexibility index (Phi) is 4.30. The predicted octanol–water partition coefficient (Wildman–Crippen LogP) is 2.15. The number of nitro groups is 1. The zero-order valence-corrected chi connectivity index (χ0v) is 11.2. The van der Waals surface area contributed by atoms with Crippen LogP contribution < -0.4 is 5.32 Å². The summed E-state index contributed by atoms with van der Waals surface area (Å²) < 4.78 is 27.7. The van der Waals surface area contributed by atoms with Crippen LogP contribution in [-0.4, -0.2) is 28.7 Å². The van der Waals surface area contributed by atoms with Gasteiger partial charge in [0.2, 0.25) is 5.82 Å². The summed E-state index contributed by atoms with van der Waals surface area (Å²) >= 11 is 1.01. The number of likely N-dealkylation sites (N-methyl/N-ethyl adjacent to an activating group) is 1. The number of rotatable bonds is 5. The van der Waals surface area contributed by atoms with E-state index in [4.69, 9.17) is 0 Å². The van der Waals surface area contributed by atoms with Gasteiger partial charge in [-0.2, -0.15) is 4.39 Å². The molecule has 0 radical (unpaired) electrons. The van der Waals surface area contributed by atoms with Crippen molar-refractivity contribution < 1.29 is 13.7 Å². The lowest BCUT2D eigenvalue weighted by Crippen LogP contribution is -2.09. The first-order valence-corrected chi connectivity index (χ1v) is 6.46. The average Bonchev–Trinajstić information content (AvgIpc) is 2.84. The van der Waals surface area contributed by atoms with Gasteiger partial charge in [0, 0.05) is 19.0 Å².